The highest BCUT2D eigenvalue weighted by molar-refractivity contribution is 6.32. The lowest BCUT2D eigenvalue weighted by molar-refractivity contribution is 0.0879. The third kappa shape index (κ3) is 2.18. The lowest BCUT2D eigenvalue weighted by Crippen LogP contribution is -2.20. The number of fused-ring (bicyclic) bond motifs is 5. The molecule has 0 fully saturated rings. The van der Waals surface area contributed by atoms with Crippen molar-refractivity contribution in [1.82, 2.24) is 10.3 Å². The molecule has 136 valence electrons. The molecule has 6 heteroatoms. The summed E-state index contributed by atoms with van der Waals surface area (Å²) in [6.45, 7) is 1.48. The fourth-order valence-corrected chi connectivity index (χ4v) is 3.88. The third-order valence-corrected chi connectivity index (χ3v) is 5.13. The molecule has 0 saturated heterocycles. The van der Waals surface area contributed by atoms with E-state index in [-0.39, 0.29) is 22.7 Å². The maximum absolute atomic E-state index is 12.6. The van der Waals surface area contributed by atoms with Gasteiger partial charge in [0.1, 0.15) is 5.75 Å². The van der Waals surface area contributed by atoms with Crippen LogP contribution in [0, 0.1) is 0 Å². The number of amides is 2. The molecular formula is C22H14N2O4. The molecule has 0 saturated carbocycles. The van der Waals surface area contributed by atoms with Crippen LogP contribution in [0.2, 0.25) is 0 Å². The van der Waals surface area contributed by atoms with Crippen LogP contribution in [-0.4, -0.2) is 27.7 Å². The minimum absolute atomic E-state index is 0.0742. The Morgan fingerprint density at radius 1 is 0.929 bits per heavy atom. The summed E-state index contributed by atoms with van der Waals surface area (Å²) in [5.74, 6) is -0.954. The number of imide groups is 1. The van der Waals surface area contributed by atoms with Crippen LogP contribution in [0.1, 0.15) is 38.0 Å². The van der Waals surface area contributed by atoms with Gasteiger partial charge < -0.3 is 10.1 Å². The summed E-state index contributed by atoms with van der Waals surface area (Å²) in [7, 11) is 0. The number of benzene rings is 3. The first-order valence-electron chi connectivity index (χ1n) is 8.72. The van der Waals surface area contributed by atoms with Crippen molar-refractivity contribution in [3.8, 4) is 16.9 Å². The van der Waals surface area contributed by atoms with Gasteiger partial charge in [0.2, 0.25) is 0 Å². The molecule has 0 atom stereocenters. The Hall–Kier alpha value is -3.93. The van der Waals surface area contributed by atoms with Crippen LogP contribution < -0.4 is 5.32 Å². The van der Waals surface area contributed by atoms with Gasteiger partial charge in [0.05, 0.1) is 11.1 Å². The average molecular weight is 370 g/mol. The summed E-state index contributed by atoms with van der Waals surface area (Å²) in [6.07, 6.45) is 0. The second kappa shape index (κ2) is 5.53. The first kappa shape index (κ1) is 16.3. The quantitative estimate of drug-likeness (QED) is 0.369. The number of phenols is 1. The number of Topliss-reactive ketones (excluding diaryl/α,β-unsaturated/α-hetero) is 1. The van der Waals surface area contributed by atoms with Gasteiger partial charge in [-0.25, -0.2) is 0 Å². The van der Waals surface area contributed by atoms with Crippen LogP contribution in [0.25, 0.3) is 32.9 Å². The van der Waals surface area contributed by atoms with Crippen molar-refractivity contribution < 1.29 is 19.5 Å². The fourth-order valence-electron chi connectivity index (χ4n) is 3.88. The number of ketones is 1. The molecule has 0 bridgehead atoms. The Balaban J connectivity index is 1.92. The zero-order valence-corrected chi connectivity index (χ0v) is 14.8. The zero-order valence-electron chi connectivity index (χ0n) is 14.8. The van der Waals surface area contributed by atoms with Crippen LogP contribution in [0.5, 0.6) is 5.75 Å². The number of aromatic amines is 1. The summed E-state index contributed by atoms with van der Waals surface area (Å²) < 4.78 is 0. The Bertz CT molecular complexity index is 1360. The number of aromatic hydroxyl groups is 1. The van der Waals surface area contributed by atoms with Gasteiger partial charge in [-0.05, 0) is 48.4 Å². The van der Waals surface area contributed by atoms with Gasteiger partial charge in [-0.2, -0.15) is 0 Å². The van der Waals surface area contributed by atoms with Gasteiger partial charge in [0.15, 0.2) is 5.78 Å². The molecule has 1 aromatic heterocycles. The van der Waals surface area contributed by atoms with E-state index in [0.717, 1.165) is 5.52 Å². The predicted octanol–water partition coefficient (Wildman–Crippen LogP) is 3.78. The van der Waals surface area contributed by atoms with Gasteiger partial charge in [0, 0.05) is 27.4 Å². The highest BCUT2D eigenvalue weighted by atomic mass is 16.3. The van der Waals surface area contributed by atoms with Crippen molar-refractivity contribution in [3.05, 3.63) is 65.2 Å². The van der Waals surface area contributed by atoms with Gasteiger partial charge in [0.25, 0.3) is 11.8 Å². The molecule has 1 aliphatic rings. The molecule has 2 heterocycles. The Labute approximate surface area is 158 Å². The summed E-state index contributed by atoms with van der Waals surface area (Å²) in [5, 5.41) is 13.5. The number of carbonyl (C=O) groups excluding carboxylic acids is 3. The predicted molar refractivity (Wildman–Crippen MR) is 105 cm³/mol. The second-order valence-corrected chi connectivity index (χ2v) is 6.87. The molecule has 4 aromatic rings. The van der Waals surface area contributed by atoms with Gasteiger partial charge in [-0.3, -0.25) is 19.7 Å². The number of H-pyrrole nitrogens is 1. The third-order valence-electron chi connectivity index (χ3n) is 5.13. The van der Waals surface area contributed by atoms with E-state index >= 15 is 0 Å². The van der Waals surface area contributed by atoms with E-state index in [0.29, 0.717) is 33.0 Å². The molecule has 3 aromatic carbocycles. The van der Waals surface area contributed by atoms with E-state index in [1.165, 1.54) is 6.92 Å². The molecule has 0 unspecified atom stereocenters. The highest BCUT2D eigenvalue weighted by Crippen LogP contribution is 2.39. The topological polar surface area (TPSA) is 99.3 Å². The molecule has 2 amide bonds. The Morgan fingerprint density at radius 2 is 1.71 bits per heavy atom. The number of aromatic nitrogens is 1. The summed E-state index contributed by atoms with van der Waals surface area (Å²) in [4.78, 5) is 40.2. The molecule has 28 heavy (non-hydrogen) atoms. The van der Waals surface area contributed by atoms with E-state index in [1.807, 2.05) is 6.07 Å². The average Bonchev–Trinajstić information content (AvgIpc) is 3.17. The fraction of sp³-hybridized carbons (Fsp3) is 0.0455. The smallest absolute Gasteiger partial charge is 0.259 e. The van der Waals surface area contributed by atoms with E-state index in [2.05, 4.69) is 10.3 Å². The van der Waals surface area contributed by atoms with Crippen molar-refractivity contribution in [3.63, 3.8) is 0 Å². The largest absolute Gasteiger partial charge is 0.508 e. The van der Waals surface area contributed by atoms with Crippen LogP contribution >= 0.6 is 0 Å². The molecule has 1 aliphatic heterocycles. The molecular weight excluding hydrogens is 356 g/mol. The number of phenolic OH excluding ortho intramolecular Hbond substituents is 1. The van der Waals surface area contributed by atoms with Gasteiger partial charge >= 0.3 is 0 Å². The van der Waals surface area contributed by atoms with Crippen molar-refractivity contribution >= 4 is 39.4 Å². The summed E-state index contributed by atoms with van der Waals surface area (Å²) in [5.41, 5.74) is 3.76. The molecule has 6 nitrogen and oxygen atoms in total. The standard InChI is InChI=1S/C22H14N2O4/c1-10(25)11-3-2-4-12(7-11)14-9-17-18(20-19(14)21(27)24-22(20)28)15-8-13(26)5-6-16(15)23-17/h2-9,23,26H,1H3,(H,24,27,28). The van der Waals surface area contributed by atoms with Crippen molar-refractivity contribution in [2.45, 2.75) is 6.92 Å². The van der Waals surface area contributed by atoms with Crippen LogP contribution in [-0.2, 0) is 0 Å². The minimum Gasteiger partial charge on any atom is -0.508 e. The zero-order chi connectivity index (χ0) is 19.6. The van der Waals surface area contributed by atoms with Crippen LogP contribution in [0.4, 0.5) is 0 Å². The molecule has 0 aliphatic carbocycles. The number of nitrogens with one attached hydrogen (secondary N) is 2. The highest BCUT2D eigenvalue weighted by Gasteiger charge is 2.33. The van der Waals surface area contributed by atoms with E-state index < -0.39 is 11.8 Å². The first-order chi connectivity index (χ1) is 13.4. The molecule has 0 spiro atoms. The first-order valence-corrected chi connectivity index (χ1v) is 8.72. The normalized spacial score (nSPS) is 13.2. The van der Waals surface area contributed by atoms with Crippen molar-refractivity contribution in [2.24, 2.45) is 0 Å². The summed E-state index contributed by atoms with van der Waals surface area (Å²) in [6, 6.07) is 13.6. The van der Waals surface area contributed by atoms with Crippen molar-refractivity contribution in [1.29, 1.82) is 0 Å². The van der Waals surface area contributed by atoms with E-state index in [9.17, 15) is 19.5 Å². The second-order valence-electron chi connectivity index (χ2n) is 6.87. The number of rotatable bonds is 2. The minimum atomic E-state index is -0.473. The molecule has 0 radical (unpaired) electrons. The van der Waals surface area contributed by atoms with E-state index in [1.54, 1.807) is 42.5 Å². The monoisotopic (exact) mass is 370 g/mol. The van der Waals surface area contributed by atoms with Crippen LogP contribution in [0.15, 0.2) is 48.5 Å². The lowest BCUT2D eigenvalue weighted by atomic mass is 9.92. The maximum Gasteiger partial charge on any atom is 0.259 e. The Kier molecular flexibility index (Phi) is 3.21. The maximum atomic E-state index is 12.6. The number of carbonyl (C=O) groups is 3. The lowest BCUT2D eigenvalue weighted by Gasteiger charge is -2.09. The van der Waals surface area contributed by atoms with Gasteiger partial charge in [-0.1, -0.05) is 18.2 Å². The van der Waals surface area contributed by atoms with Crippen molar-refractivity contribution in [2.75, 3.05) is 0 Å². The van der Waals surface area contributed by atoms with E-state index in [4.69, 9.17) is 0 Å². The number of hydrogen-bond donors (Lipinski definition) is 3. The van der Waals surface area contributed by atoms with Gasteiger partial charge in [-0.15, -0.1) is 0 Å². The molecule has 3 N–H and O–H groups in total. The Morgan fingerprint density at radius 3 is 2.50 bits per heavy atom. The molecule has 5 rings (SSSR count). The number of hydrogen-bond acceptors (Lipinski definition) is 4. The van der Waals surface area contributed by atoms with Crippen LogP contribution in [0.3, 0.4) is 0 Å². The SMILES string of the molecule is CC(=O)c1cccc(-c2cc3[nH]c4ccc(O)cc4c3c3c2C(=O)NC3=O)c1. The summed E-state index contributed by atoms with van der Waals surface area (Å²) >= 11 is 0.